The molecule has 2 aromatic rings. The molecule has 10 heteroatoms. The van der Waals surface area contributed by atoms with Gasteiger partial charge in [0, 0.05) is 29.0 Å². The van der Waals surface area contributed by atoms with Crippen LogP contribution >= 0.6 is 39.0 Å². The molecule has 1 aromatic carbocycles. The molecule has 0 bridgehead atoms. The fourth-order valence-electron chi connectivity index (χ4n) is 2.33. The van der Waals surface area contributed by atoms with Gasteiger partial charge in [0.15, 0.2) is 5.17 Å². The smallest absolute Gasteiger partial charge is 0.242 e. The summed E-state index contributed by atoms with van der Waals surface area (Å²) in [5, 5.41) is 4.80. The fraction of sp³-hybridized carbons (Fsp3) is 0.250. The number of nitrogens with zero attached hydrogens (tertiary/aromatic N) is 3. The maximum atomic E-state index is 13.8. The number of thiazole rings is 1. The zero-order chi connectivity index (χ0) is 18.7. The van der Waals surface area contributed by atoms with Crippen molar-refractivity contribution in [3.63, 3.8) is 0 Å². The van der Waals surface area contributed by atoms with Gasteiger partial charge in [-0.1, -0.05) is 27.7 Å². The summed E-state index contributed by atoms with van der Waals surface area (Å²) in [7, 11) is 0. The fourth-order valence-corrected chi connectivity index (χ4v) is 4.43. The van der Waals surface area contributed by atoms with Crippen LogP contribution in [0.25, 0.3) is 0 Å². The Bertz CT molecular complexity index is 860. The van der Waals surface area contributed by atoms with E-state index >= 15 is 0 Å². The van der Waals surface area contributed by atoms with E-state index in [9.17, 15) is 14.0 Å². The number of hydrogen-bond acceptors (Lipinski definition) is 6. The molecule has 1 aromatic heterocycles. The Morgan fingerprint density at radius 2 is 2.31 bits per heavy atom. The Kier molecular flexibility index (Phi) is 6.05. The van der Waals surface area contributed by atoms with E-state index < -0.39 is 17.0 Å². The summed E-state index contributed by atoms with van der Waals surface area (Å²) >= 11 is 5.76. The zero-order valence-corrected chi connectivity index (χ0v) is 16.8. The molecule has 0 spiro atoms. The number of carbonyl (C=O) groups excluding carboxylic acids is 2. The standard InChI is InChI=1S/C16H14BrFN4O2S2/c1-2-22-14(24)12(26-16(22)21-15-19-5-6-25-15)8-13(23)20-11-4-3-9(17)7-10(11)18/h3-7,12H,2,8H2,1H3,(H,20,23). The third-order valence-corrected chi connectivity index (χ3v) is 5.86. The lowest BCUT2D eigenvalue weighted by atomic mass is 10.2. The summed E-state index contributed by atoms with van der Waals surface area (Å²) in [4.78, 5) is 34.8. The number of aromatic nitrogens is 1. The van der Waals surface area contributed by atoms with Crippen LogP contribution in [0.5, 0.6) is 0 Å². The van der Waals surface area contributed by atoms with Crippen molar-refractivity contribution in [1.82, 2.24) is 9.88 Å². The molecule has 0 saturated carbocycles. The first-order chi connectivity index (χ1) is 12.5. The summed E-state index contributed by atoms with van der Waals surface area (Å²) < 4.78 is 14.4. The van der Waals surface area contributed by atoms with E-state index in [2.05, 4.69) is 31.2 Å². The van der Waals surface area contributed by atoms with Crippen LogP contribution in [0.15, 0.2) is 39.2 Å². The average Bonchev–Trinajstić information content (AvgIpc) is 3.19. The van der Waals surface area contributed by atoms with Crippen molar-refractivity contribution in [3.05, 3.63) is 40.1 Å². The van der Waals surface area contributed by atoms with Crippen molar-refractivity contribution < 1.29 is 14.0 Å². The number of hydrogen-bond donors (Lipinski definition) is 1. The van der Waals surface area contributed by atoms with Crippen LogP contribution in [-0.4, -0.2) is 38.7 Å². The number of benzene rings is 1. The van der Waals surface area contributed by atoms with Crippen LogP contribution in [0, 0.1) is 5.82 Å². The molecule has 3 rings (SSSR count). The Balaban J connectivity index is 1.69. The van der Waals surface area contributed by atoms with E-state index in [1.54, 1.807) is 17.6 Å². The number of carbonyl (C=O) groups is 2. The number of rotatable bonds is 5. The third kappa shape index (κ3) is 4.30. The lowest BCUT2D eigenvalue weighted by Gasteiger charge is -2.13. The van der Waals surface area contributed by atoms with Crippen molar-refractivity contribution >= 4 is 66.8 Å². The van der Waals surface area contributed by atoms with Gasteiger partial charge >= 0.3 is 0 Å². The molecule has 0 radical (unpaired) electrons. The zero-order valence-electron chi connectivity index (χ0n) is 13.6. The van der Waals surface area contributed by atoms with E-state index in [1.807, 2.05) is 6.92 Å². The van der Waals surface area contributed by atoms with Gasteiger partial charge in [-0.15, -0.1) is 11.3 Å². The van der Waals surface area contributed by atoms with Crippen LogP contribution in [0.2, 0.25) is 0 Å². The molecule has 1 N–H and O–H groups in total. The summed E-state index contributed by atoms with van der Waals surface area (Å²) in [5.74, 6) is -1.15. The van der Waals surface area contributed by atoms with Gasteiger partial charge < -0.3 is 5.32 Å². The first-order valence-electron chi connectivity index (χ1n) is 7.69. The highest BCUT2D eigenvalue weighted by Crippen LogP contribution is 2.32. The number of amides is 2. The van der Waals surface area contributed by atoms with Gasteiger partial charge in [-0.2, -0.15) is 4.99 Å². The molecule has 136 valence electrons. The lowest BCUT2D eigenvalue weighted by molar-refractivity contribution is -0.128. The molecule has 1 fully saturated rings. The molecule has 0 aliphatic carbocycles. The minimum Gasteiger partial charge on any atom is -0.324 e. The topological polar surface area (TPSA) is 74.7 Å². The quantitative estimate of drug-likeness (QED) is 0.736. The predicted molar refractivity (Wildman–Crippen MR) is 105 cm³/mol. The molecule has 26 heavy (non-hydrogen) atoms. The van der Waals surface area contributed by atoms with Crippen molar-refractivity contribution in [2.45, 2.75) is 18.6 Å². The van der Waals surface area contributed by atoms with Gasteiger partial charge in [-0.05, 0) is 25.1 Å². The second-order valence-corrected chi connectivity index (χ2v) is 8.23. The lowest BCUT2D eigenvalue weighted by Crippen LogP contribution is -2.33. The SMILES string of the molecule is CCN1C(=O)C(CC(=O)Nc2ccc(Br)cc2F)SC1=Nc1nccs1. The maximum Gasteiger partial charge on any atom is 0.242 e. The highest BCUT2D eigenvalue weighted by Gasteiger charge is 2.38. The van der Waals surface area contributed by atoms with Crippen molar-refractivity contribution in [3.8, 4) is 0 Å². The Morgan fingerprint density at radius 3 is 2.96 bits per heavy atom. The van der Waals surface area contributed by atoms with E-state index in [1.165, 1.54) is 40.1 Å². The molecule has 2 amide bonds. The molecular weight excluding hydrogens is 443 g/mol. The maximum absolute atomic E-state index is 13.8. The summed E-state index contributed by atoms with van der Waals surface area (Å²) in [6.07, 6.45) is 1.58. The monoisotopic (exact) mass is 456 g/mol. The second kappa shape index (κ2) is 8.28. The number of thioether (sulfide) groups is 1. The molecule has 1 saturated heterocycles. The second-order valence-electron chi connectivity index (χ2n) is 5.27. The number of amidine groups is 1. The highest BCUT2D eigenvalue weighted by atomic mass is 79.9. The van der Waals surface area contributed by atoms with Gasteiger partial charge in [0.25, 0.3) is 0 Å². The van der Waals surface area contributed by atoms with Crippen LogP contribution in [0.3, 0.4) is 0 Å². The Labute approximate surface area is 166 Å². The highest BCUT2D eigenvalue weighted by molar-refractivity contribution is 9.10. The molecule has 1 unspecified atom stereocenters. The predicted octanol–water partition coefficient (Wildman–Crippen LogP) is 4.02. The van der Waals surface area contributed by atoms with Crippen LogP contribution in [-0.2, 0) is 9.59 Å². The van der Waals surface area contributed by atoms with Crippen molar-refractivity contribution in [2.24, 2.45) is 4.99 Å². The van der Waals surface area contributed by atoms with Gasteiger partial charge in [-0.3, -0.25) is 14.5 Å². The molecule has 1 atom stereocenters. The van der Waals surface area contributed by atoms with Gasteiger partial charge in [-0.25, -0.2) is 9.37 Å². The number of halogens is 2. The number of nitrogens with one attached hydrogen (secondary N) is 1. The van der Waals surface area contributed by atoms with E-state index in [4.69, 9.17) is 0 Å². The van der Waals surface area contributed by atoms with Crippen LogP contribution < -0.4 is 5.32 Å². The van der Waals surface area contributed by atoms with Gasteiger partial charge in [0.05, 0.1) is 5.69 Å². The number of anilines is 1. The van der Waals surface area contributed by atoms with Gasteiger partial charge in [0.1, 0.15) is 11.1 Å². The minimum absolute atomic E-state index is 0.0631. The Hall–Kier alpha value is -1.78. The van der Waals surface area contributed by atoms with E-state index in [-0.39, 0.29) is 18.0 Å². The summed E-state index contributed by atoms with van der Waals surface area (Å²) in [6, 6.07) is 4.36. The first-order valence-corrected chi connectivity index (χ1v) is 10.2. The normalized spacial score (nSPS) is 18.6. The van der Waals surface area contributed by atoms with E-state index in [0.29, 0.717) is 21.3 Å². The average molecular weight is 457 g/mol. The summed E-state index contributed by atoms with van der Waals surface area (Å²) in [5.41, 5.74) is 0.0812. The van der Waals surface area contributed by atoms with Crippen molar-refractivity contribution in [1.29, 1.82) is 0 Å². The first kappa shape index (κ1) is 19.0. The van der Waals surface area contributed by atoms with Gasteiger partial charge in [0.2, 0.25) is 16.9 Å². The summed E-state index contributed by atoms with van der Waals surface area (Å²) in [6.45, 7) is 2.30. The van der Waals surface area contributed by atoms with E-state index in [0.717, 1.165) is 0 Å². The molecule has 1 aliphatic heterocycles. The molecule has 1 aliphatic rings. The third-order valence-electron chi connectivity index (χ3n) is 3.52. The van der Waals surface area contributed by atoms with Crippen LogP contribution in [0.1, 0.15) is 13.3 Å². The molecular formula is C16H14BrFN4O2S2. The Morgan fingerprint density at radius 1 is 1.50 bits per heavy atom. The largest absolute Gasteiger partial charge is 0.324 e. The minimum atomic E-state index is -0.591. The molecule has 6 nitrogen and oxygen atoms in total. The van der Waals surface area contributed by atoms with Crippen molar-refractivity contribution in [2.75, 3.05) is 11.9 Å². The number of aliphatic imine (C=N–C) groups is 1. The molecule has 2 heterocycles. The van der Waals surface area contributed by atoms with Crippen LogP contribution in [0.4, 0.5) is 15.2 Å².